The van der Waals surface area contributed by atoms with Crippen molar-refractivity contribution in [1.82, 2.24) is 9.55 Å². The lowest BCUT2D eigenvalue weighted by Gasteiger charge is -2.12. The van der Waals surface area contributed by atoms with Crippen LogP contribution in [0.2, 0.25) is 0 Å². The molecule has 0 bridgehead atoms. The van der Waals surface area contributed by atoms with E-state index in [1.54, 1.807) is 15.9 Å². The number of hydrogen-bond donors (Lipinski definition) is 0. The van der Waals surface area contributed by atoms with Crippen molar-refractivity contribution >= 4 is 33.3 Å². The first-order valence-electron chi connectivity index (χ1n) is 7.46. The Bertz CT molecular complexity index is 896. The lowest BCUT2D eigenvalue weighted by molar-refractivity contribution is 0.699. The van der Waals surface area contributed by atoms with Gasteiger partial charge in [0.1, 0.15) is 4.83 Å². The number of nitrogens with zero attached hydrogens (tertiary/aromatic N) is 2. The highest BCUT2D eigenvalue weighted by Crippen LogP contribution is 2.34. The van der Waals surface area contributed by atoms with Crippen molar-refractivity contribution in [3.8, 4) is 5.69 Å². The normalized spacial score (nSPS) is 14.2. The fourth-order valence-electron chi connectivity index (χ4n) is 3.13. The molecule has 0 saturated heterocycles. The summed E-state index contributed by atoms with van der Waals surface area (Å²) in [6, 6.07) is 9.81. The molecule has 0 radical (unpaired) electrons. The van der Waals surface area contributed by atoms with E-state index in [4.69, 9.17) is 4.98 Å². The molecule has 3 nitrogen and oxygen atoms in total. The summed E-state index contributed by atoms with van der Waals surface area (Å²) in [5.41, 5.74) is 2.23. The number of fused-ring (bicyclic) bond motifs is 3. The molecule has 112 valence electrons. The van der Waals surface area contributed by atoms with Crippen LogP contribution in [0.25, 0.3) is 15.9 Å². The molecule has 3 aromatic rings. The maximum atomic E-state index is 13.2. The standard InChI is InChI=1S/C17H16N2OS2/c1-21-17-18-15-14(12-9-5-6-10-13(12)22-15)16(20)19(17)11-7-3-2-4-8-11/h2-4,7-8H,5-6,9-10H2,1H3. The van der Waals surface area contributed by atoms with Gasteiger partial charge < -0.3 is 0 Å². The van der Waals surface area contributed by atoms with E-state index in [2.05, 4.69) is 0 Å². The quantitative estimate of drug-likeness (QED) is 0.526. The molecule has 2 heterocycles. The van der Waals surface area contributed by atoms with E-state index in [0.29, 0.717) is 0 Å². The van der Waals surface area contributed by atoms with E-state index in [1.807, 2.05) is 36.6 Å². The molecule has 5 heteroatoms. The van der Waals surface area contributed by atoms with Gasteiger partial charge in [-0.25, -0.2) is 4.98 Å². The van der Waals surface area contributed by atoms with E-state index < -0.39 is 0 Å². The largest absolute Gasteiger partial charge is 0.268 e. The number of thiophene rings is 1. The molecule has 1 aliphatic rings. The summed E-state index contributed by atoms with van der Waals surface area (Å²) in [7, 11) is 0. The average molecular weight is 328 g/mol. The summed E-state index contributed by atoms with van der Waals surface area (Å²) in [5.74, 6) is 0. The summed E-state index contributed by atoms with van der Waals surface area (Å²) in [6.07, 6.45) is 6.48. The predicted octanol–water partition coefficient (Wildman–Crippen LogP) is 4.05. The number of hydrogen-bond acceptors (Lipinski definition) is 4. The third-order valence-electron chi connectivity index (χ3n) is 4.16. The molecule has 0 fully saturated rings. The van der Waals surface area contributed by atoms with Gasteiger partial charge in [-0.3, -0.25) is 9.36 Å². The van der Waals surface area contributed by atoms with Crippen molar-refractivity contribution in [3.05, 3.63) is 51.1 Å². The highest BCUT2D eigenvalue weighted by molar-refractivity contribution is 7.98. The third kappa shape index (κ3) is 2.11. The fourth-order valence-corrected chi connectivity index (χ4v) is 4.99. The third-order valence-corrected chi connectivity index (χ3v) is 5.98. The molecule has 1 aliphatic carbocycles. The first kappa shape index (κ1) is 14.0. The second-order valence-electron chi connectivity index (χ2n) is 5.47. The van der Waals surface area contributed by atoms with Gasteiger partial charge in [0.2, 0.25) is 0 Å². The van der Waals surface area contributed by atoms with Crippen molar-refractivity contribution in [2.75, 3.05) is 6.26 Å². The number of aryl methyl sites for hydroxylation is 2. The fraction of sp³-hybridized carbons (Fsp3) is 0.294. The van der Waals surface area contributed by atoms with Crippen molar-refractivity contribution in [3.63, 3.8) is 0 Å². The van der Waals surface area contributed by atoms with E-state index in [9.17, 15) is 4.79 Å². The van der Waals surface area contributed by atoms with Crippen LogP contribution in [0, 0.1) is 0 Å². The zero-order valence-corrected chi connectivity index (χ0v) is 14.0. The molecule has 0 N–H and O–H groups in total. The van der Waals surface area contributed by atoms with Gasteiger partial charge in [0.05, 0.1) is 11.1 Å². The summed E-state index contributed by atoms with van der Waals surface area (Å²) in [4.78, 5) is 20.2. The Hall–Kier alpha value is -1.59. The van der Waals surface area contributed by atoms with Crippen LogP contribution in [0.4, 0.5) is 0 Å². The van der Waals surface area contributed by atoms with E-state index in [1.165, 1.54) is 35.0 Å². The SMILES string of the molecule is CSc1nc2sc3c(c2c(=O)n1-c1ccccc1)CCCC3. The summed E-state index contributed by atoms with van der Waals surface area (Å²) in [5, 5.41) is 1.61. The smallest absolute Gasteiger partial charge is 0.267 e. The molecule has 0 unspecified atom stereocenters. The molecular formula is C17H16N2OS2. The van der Waals surface area contributed by atoms with E-state index in [-0.39, 0.29) is 5.56 Å². The summed E-state index contributed by atoms with van der Waals surface area (Å²) >= 11 is 3.23. The topological polar surface area (TPSA) is 34.9 Å². The number of para-hydroxylation sites is 1. The van der Waals surface area contributed by atoms with Crippen molar-refractivity contribution in [2.24, 2.45) is 0 Å². The maximum absolute atomic E-state index is 13.2. The Balaban J connectivity index is 2.08. The van der Waals surface area contributed by atoms with Crippen LogP contribution < -0.4 is 5.56 Å². The van der Waals surface area contributed by atoms with Gasteiger partial charge in [-0.05, 0) is 49.6 Å². The van der Waals surface area contributed by atoms with Crippen molar-refractivity contribution < 1.29 is 0 Å². The second-order valence-corrected chi connectivity index (χ2v) is 7.32. The first-order valence-corrected chi connectivity index (χ1v) is 9.50. The van der Waals surface area contributed by atoms with Crippen LogP contribution in [0.1, 0.15) is 23.3 Å². The molecule has 1 aromatic carbocycles. The minimum atomic E-state index is 0.0833. The Kier molecular flexibility index (Phi) is 3.54. The Labute approximate surface area is 137 Å². The van der Waals surface area contributed by atoms with Gasteiger partial charge in [0.15, 0.2) is 5.16 Å². The molecule has 0 amide bonds. The summed E-state index contributed by atoms with van der Waals surface area (Å²) < 4.78 is 1.76. The average Bonchev–Trinajstić information content (AvgIpc) is 2.94. The van der Waals surface area contributed by atoms with Gasteiger partial charge in [0, 0.05) is 4.88 Å². The molecule has 4 rings (SSSR count). The number of thioether (sulfide) groups is 1. The van der Waals surface area contributed by atoms with Crippen LogP contribution in [-0.4, -0.2) is 15.8 Å². The van der Waals surface area contributed by atoms with Crippen LogP contribution in [-0.2, 0) is 12.8 Å². The minimum absolute atomic E-state index is 0.0833. The Morgan fingerprint density at radius 1 is 1.18 bits per heavy atom. The van der Waals surface area contributed by atoms with E-state index in [0.717, 1.165) is 33.9 Å². The van der Waals surface area contributed by atoms with E-state index >= 15 is 0 Å². The van der Waals surface area contributed by atoms with Crippen LogP contribution in [0.3, 0.4) is 0 Å². The molecule has 0 spiro atoms. The number of benzene rings is 1. The lowest BCUT2D eigenvalue weighted by Crippen LogP contribution is -2.22. The highest BCUT2D eigenvalue weighted by atomic mass is 32.2. The molecule has 0 atom stereocenters. The molecule has 2 aromatic heterocycles. The van der Waals surface area contributed by atoms with Gasteiger partial charge in [-0.1, -0.05) is 30.0 Å². The van der Waals surface area contributed by atoms with Gasteiger partial charge in [-0.2, -0.15) is 0 Å². The second kappa shape index (κ2) is 5.56. The van der Waals surface area contributed by atoms with Crippen LogP contribution in [0.5, 0.6) is 0 Å². The predicted molar refractivity (Wildman–Crippen MR) is 93.6 cm³/mol. The Morgan fingerprint density at radius 2 is 1.95 bits per heavy atom. The lowest BCUT2D eigenvalue weighted by atomic mass is 9.97. The zero-order valence-electron chi connectivity index (χ0n) is 12.3. The first-order chi connectivity index (χ1) is 10.8. The molecular weight excluding hydrogens is 312 g/mol. The van der Waals surface area contributed by atoms with Gasteiger partial charge in [0.25, 0.3) is 5.56 Å². The molecule has 0 aliphatic heterocycles. The van der Waals surface area contributed by atoms with Crippen LogP contribution >= 0.6 is 23.1 Å². The maximum Gasteiger partial charge on any atom is 0.267 e. The molecule has 0 saturated carbocycles. The van der Waals surface area contributed by atoms with Crippen molar-refractivity contribution in [2.45, 2.75) is 30.8 Å². The van der Waals surface area contributed by atoms with Gasteiger partial charge >= 0.3 is 0 Å². The minimum Gasteiger partial charge on any atom is -0.268 e. The van der Waals surface area contributed by atoms with Crippen LogP contribution in [0.15, 0.2) is 40.3 Å². The van der Waals surface area contributed by atoms with Gasteiger partial charge in [-0.15, -0.1) is 11.3 Å². The zero-order chi connectivity index (χ0) is 15.1. The van der Waals surface area contributed by atoms with Crippen molar-refractivity contribution in [1.29, 1.82) is 0 Å². The Morgan fingerprint density at radius 3 is 2.73 bits per heavy atom. The molecule has 22 heavy (non-hydrogen) atoms. The summed E-state index contributed by atoms with van der Waals surface area (Å²) in [6.45, 7) is 0. The highest BCUT2D eigenvalue weighted by Gasteiger charge is 2.22. The number of aromatic nitrogens is 2. The number of rotatable bonds is 2. The monoisotopic (exact) mass is 328 g/mol.